The number of hydrogen-bond donors (Lipinski definition) is 1. The summed E-state index contributed by atoms with van der Waals surface area (Å²) in [6.07, 6.45) is 1.13. The second kappa shape index (κ2) is 5.80. The van der Waals surface area contributed by atoms with Crippen LogP contribution in [0.1, 0.15) is 13.3 Å². The third-order valence-corrected chi connectivity index (χ3v) is 3.81. The van der Waals surface area contributed by atoms with E-state index >= 15 is 0 Å². The van der Waals surface area contributed by atoms with Gasteiger partial charge in [0.2, 0.25) is 5.91 Å². The van der Waals surface area contributed by atoms with Crippen molar-refractivity contribution < 1.29 is 9.53 Å². The molecule has 5 heteroatoms. The van der Waals surface area contributed by atoms with E-state index in [1.54, 1.807) is 0 Å². The molecule has 2 fully saturated rings. The standard InChI is InChI=1S/C12H23N3O2/c1-10-7-11(13-2)8-15(10)9-12(16)14-3-5-17-6-4-14/h10-11,13H,3-9H2,1-2H3. The third-order valence-electron chi connectivity index (χ3n) is 3.81. The van der Waals surface area contributed by atoms with E-state index in [9.17, 15) is 4.79 Å². The second-order valence-corrected chi connectivity index (χ2v) is 4.99. The van der Waals surface area contributed by atoms with Gasteiger partial charge in [0.1, 0.15) is 0 Å². The minimum atomic E-state index is 0.247. The summed E-state index contributed by atoms with van der Waals surface area (Å²) >= 11 is 0. The molecule has 0 bridgehead atoms. The predicted molar refractivity (Wildman–Crippen MR) is 65.9 cm³/mol. The van der Waals surface area contributed by atoms with Gasteiger partial charge in [0.05, 0.1) is 19.8 Å². The van der Waals surface area contributed by atoms with Crippen molar-refractivity contribution in [3.63, 3.8) is 0 Å². The number of carbonyl (C=O) groups excluding carboxylic acids is 1. The summed E-state index contributed by atoms with van der Waals surface area (Å²) in [6.45, 7) is 6.59. The van der Waals surface area contributed by atoms with Crippen LogP contribution in [0.2, 0.25) is 0 Å². The van der Waals surface area contributed by atoms with Crippen molar-refractivity contribution in [3.05, 3.63) is 0 Å². The van der Waals surface area contributed by atoms with E-state index in [0.29, 0.717) is 31.8 Å². The molecule has 5 nitrogen and oxygen atoms in total. The molecule has 1 N–H and O–H groups in total. The number of rotatable bonds is 3. The van der Waals surface area contributed by atoms with Crippen LogP contribution in [0.4, 0.5) is 0 Å². The molecule has 2 atom stereocenters. The zero-order valence-corrected chi connectivity index (χ0v) is 10.8. The molecule has 2 aliphatic rings. The van der Waals surface area contributed by atoms with Gasteiger partial charge in [-0.25, -0.2) is 0 Å². The van der Waals surface area contributed by atoms with Crippen LogP contribution in [0.3, 0.4) is 0 Å². The van der Waals surface area contributed by atoms with E-state index in [0.717, 1.165) is 26.1 Å². The number of nitrogens with zero attached hydrogens (tertiary/aromatic N) is 2. The van der Waals surface area contributed by atoms with Crippen molar-refractivity contribution in [3.8, 4) is 0 Å². The minimum Gasteiger partial charge on any atom is -0.378 e. The summed E-state index contributed by atoms with van der Waals surface area (Å²) in [6, 6.07) is 1.03. The molecule has 17 heavy (non-hydrogen) atoms. The average molecular weight is 241 g/mol. The van der Waals surface area contributed by atoms with Gasteiger partial charge in [-0.1, -0.05) is 0 Å². The summed E-state index contributed by atoms with van der Waals surface area (Å²) in [5, 5.41) is 3.29. The molecule has 0 aromatic heterocycles. The fourth-order valence-electron chi connectivity index (χ4n) is 2.61. The summed E-state index contributed by atoms with van der Waals surface area (Å²) in [7, 11) is 1.99. The zero-order chi connectivity index (χ0) is 12.3. The van der Waals surface area contributed by atoms with Gasteiger partial charge in [0.15, 0.2) is 0 Å². The topological polar surface area (TPSA) is 44.8 Å². The lowest BCUT2D eigenvalue weighted by atomic mass is 10.2. The number of likely N-dealkylation sites (tertiary alicyclic amines) is 1. The predicted octanol–water partition coefficient (Wildman–Crippen LogP) is -0.473. The Balaban J connectivity index is 1.81. The molecule has 0 aliphatic carbocycles. The van der Waals surface area contributed by atoms with Crippen molar-refractivity contribution in [2.45, 2.75) is 25.4 Å². The van der Waals surface area contributed by atoms with Crippen molar-refractivity contribution in [2.75, 3.05) is 46.4 Å². The molecule has 1 amide bonds. The molecule has 0 aromatic rings. The van der Waals surface area contributed by atoms with E-state index in [1.807, 2.05) is 11.9 Å². The Kier molecular flexibility index (Phi) is 4.36. The Morgan fingerprint density at radius 1 is 1.41 bits per heavy atom. The maximum atomic E-state index is 12.1. The number of hydrogen-bond acceptors (Lipinski definition) is 4. The van der Waals surface area contributed by atoms with Gasteiger partial charge in [-0.2, -0.15) is 0 Å². The molecule has 2 unspecified atom stereocenters. The first-order valence-electron chi connectivity index (χ1n) is 6.47. The Labute approximate surface area is 103 Å². The lowest BCUT2D eigenvalue weighted by Gasteiger charge is -2.29. The molecule has 2 saturated heterocycles. The number of nitrogens with one attached hydrogen (secondary N) is 1. The van der Waals surface area contributed by atoms with E-state index < -0.39 is 0 Å². The summed E-state index contributed by atoms with van der Waals surface area (Å²) in [5.41, 5.74) is 0. The SMILES string of the molecule is CNC1CC(C)N(CC(=O)N2CCOCC2)C1. The first-order chi connectivity index (χ1) is 8.20. The molecule has 2 rings (SSSR count). The van der Waals surface area contributed by atoms with Crippen molar-refractivity contribution in [1.82, 2.24) is 15.1 Å². The Hall–Kier alpha value is -0.650. The van der Waals surface area contributed by atoms with E-state index in [2.05, 4.69) is 17.1 Å². The number of carbonyl (C=O) groups is 1. The highest BCUT2D eigenvalue weighted by Crippen LogP contribution is 2.17. The van der Waals surface area contributed by atoms with Crippen LogP contribution in [0, 0.1) is 0 Å². The van der Waals surface area contributed by atoms with Gasteiger partial charge in [-0.05, 0) is 20.4 Å². The minimum absolute atomic E-state index is 0.247. The maximum Gasteiger partial charge on any atom is 0.236 e. The molecule has 2 aliphatic heterocycles. The van der Waals surface area contributed by atoms with Gasteiger partial charge in [0.25, 0.3) is 0 Å². The first kappa shape index (κ1) is 12.8. The molecular weight excluding hydrogens is 218 g/mol. The fourth-order valence-corrected chi connectivity index (χ4v) is 2.61. The molecule has 0 aromatic carbocycles. The summed E-state index contributed by atoms with van der Waals surface area (Å²) in [4.78, 5) is 16.3. The van der Waals surface area contributed by atoms with Crippen LogP contribution in [0.25, 0.3) is 0 Å². The first-order valence-corrected chi connectivity index (χ1v) is 6.47. The van der Waals surface area contributed by atoms with Gasteiger partial charge in [-0.15, -0.1) is 0 Å². The zero-order valence-electron chi connectivity index (χ0n) is 10.8. The molecule has 2 heterocycles. The van der Waals surface area contributed by atoms with Crippen LogP contribution in [0.5, 0.6) is 0 Å². The van der Waals surface area contributed by atoms with Gasteiger partial charge in [0, 0.05) is 31.7 Å². The lowest BCUT2D eigenvalue weighted by Crippen LogP contribution is -2.46. The highest BCUT2D eigenvalue weighted by molar-refractivity contribution is 5.78. The number of amides is 1. The summed E-state index contributed by atoms with van der Waals surface area (Å²) in [5.74, 6) is 0.247. The van der Waals surface area contributed by atoms with Gasteiger partial charge >= 0.3 is 0 Å². The van der Waals surface area contributed by atoms with Crippen molar-refractivity contribution in [2.24, 2.45) is 0 Å². The Morgan fingerprint density at radius 2 is 2.12 bits per heavy atom. The average Bonchev–Trinajstić information content (AvgIpc) is 2.71. The van der Waals surface area contributed by atoms with Crippen molar-refractivity contribution in [1.29, 1.82) is 0 Å². The number of ether oxygens (including phenoxy) is 1. The molecule has 98 valence electrons. The molecule has 0 saturated carbocycles. The number of likely N-dealkylation sites (N-methyl/N-ethyl adjacent to an activating group) is 1. The van der Waals surface area contributed by atoms with Gasteiger partial charge < -0.3 is 15.0 Å². The van der Waals surface area contributed by atoms with Crippen LogP contribution in [-0.2, 0) is 9.53 Å². The Bertz CT molecular complexity index is 266. The quantitative estimate of drug-likeness (QED) is 0.725. The lowest BCUT2D eigenvalue weighted by molar-refractivity contribution is -0.136. The second-order valence-electron chi connectivity index (χ2n) is 4.99. The highest BCUT2D eigenvalue weighted by atomic mass is 16.5. The molecule has 0 spiro atoms. The normalized spacial score (nSPS) is 30.8. The third kappa shape index (κ3) is 3.18. The van der Waals surface area contributed by atoms with E-state index in [-0.39, 0.29) is 5.91 Å². The smallest absolute Gasteiger partial charge is 0.236 e. The van der Waals surface area contributed by atoms with Crippen LogP contribution < -0.4 is 5.32 Å². The van der Waals surface area contributed by atoms with E-state index in [1.165, 1.54) is 0 Å². The van der Waals surface area contributed by atoms with Crippen LogP contribution >= 0.6 is 0 Å². The summed E-state index contributed by atoms with van der Waals surface area (Å²) < 4.78 is 5.26. The molecule has 0 radical (unpaired) electrons. The fraction of sp³-hybridized carbons (Fsp3) is 0.917. The van der Waals surface area contributed by atoms with Crippen LogP contribution in [-0.4, -0.2) is 74.2 Å². The van der Waals surface area contributed by atoms with Crippen LogP contribution in [0.15, 0.2) is 0 Å². The van der Waals surface area contributed by atoms with Crippen molar-refractivity contribution >= 4 is 5.91 Å². The number of morpholine rings is 1. The monoisotopic (exact) mass is 241 g/mol. The highest BCUT2D eigenvalue weighted by Gasteiger charge is 2.30. The molecular formula is C12H23N3O2. The largest absolute Gasteiger partial charge is 0.378 e. The maximum absolute atomic E-state index is 12.1. The Morgan fingerprint density at radius 3 is 2.71 bits per heavy atom. The van der Waals surface area contributed by atoms with E-state index in [4.69, 9.17) is 4.74 Å². The van der Waals surface area contributed by atoms with Gasteiger partial charge in [-0.3, -0.25) is 9.69 Å².